The highest BCUT2D eigenvalue weighted by Crippen LogP contribution is 2.26. The molecule has 1 amide bonds. The fourth-order valence-electron chi connectivity index (χ4n) is 4.34. The van der Waals surface area contributed by atoms with Gasteiger partial charge >= 0.3 is 0 Å². The number of nitrogens with zero attached hydrogens (tertiary/aromatic N) is 2. The van der Waals surface area contributed by atoms with Gasteiger partial charge in [-0.2, -0.15) is 5.10 Å². The molecule has 1 saturated heterocycles. The Kier molecular flexibility index (Phi) is 5.34. The number of nitrogens with one attached hydrogen (secondary N) is 2. The van der Waals surface area contributed by atoms with Gasteiger partial charge in [-0.25, -0.2) is 0 Å². The maximum Gasteiger partial charge on any atom is 0.272 e. The second-order valence-electron chi connectivity index (χ2n) is 7.54. The first-order chi connectivity index (χ1) is 12.8. The molecule has 1 aromatic heterocycles. The van der Waals surface area contributed by atoms with Crippen molar-refractivity contribution in [1.29, 1.82) is 0 Å². The number of piperidine rings is 1. The normalized spacial score (nSPS) is 20.5. The number of carbonyl (C=O) groups is 1. The number of H-pyrrole nitrogens is 1. The average molecular weight is 352 g/mol. The highest BCUT2D eigenvalue weighted by atomic mass is 16.1. The third-order valence-corrected chi connectivity index (χ3v) is 5.76. The van der Waals surface area contributed by atoms with Crippen LogP contribution in [0.3, 0.4) is 0 Å². The molecule has 1 aliphatic heterocycles. The second kappa shape index (κ2) is 8.04. The topological polar surface area (TPSA) is 61.0 Å². The molecular weight excluding hydrogens is 324 g/mol. The third-order valence-electron chi connectivity index (χ3n) is 5.76. The van der Waals surface area contributed by atoms with E-state index in [4.69, 9.17) is 0 Å². The highest BCUT2D eigenvalue weighted by molar-refractivity contribution is 5.94. The minimum absolute atomic E-state index is 0.0268. The molecule has 5 nitrogen and oxygen atoms in total. The van der Waals surface area contributed by atoms with Crippen LogP contribution in [-0.4, -0.2) is 47.2 Å². The molecule has 1 atom stereocenters. The van der Waals surface area contributed by atoms with Crippen molar-refractivity contribution >= 4 is 5.91 Å². The Labute approximate surface area is 155 Å². The van der Waals surface area contributed by atoms with Crippen LogP contribution < -0.4 is 5.32 Å². The Morgan fingerprint density at radius 1 is 1.19 bits per heavy atom. The van der Waals surface area contributed by atoms with Gasteiger partial charge in [-0.1, -0.05) is 30.3 Å². The quantitative estimate of drug-likeness (QED) is 0.870. The number of aryl methyl sites for hydroxylation is 1. The number of amides is 1. The van der Waals surface area contributed by atoms with Crippen LogP contribution in [0.4, 0.5) is 0 Å². The lowest BCUT2D eigenvalue weighted by molar-refractivity contribution is 0.0939. The number of carbonyl (C=O) groups excluding carboxylic acids is 1. The molecule has 1 aliphatic carbocycles. The Hall–Kier alpha value is -2.14. The van der Waals surface area contributed by atoms with Crippen LogP contribution >= 0.6 is 0 Å². The molecule has 2 aliphatic rings. The van der Waals surface area contributed by atoms with Crippen molar-refractivity contribution in [3.05, 3.63) is 52.8 Å². The molecule has 1 unspecified atom stereocenters. The lowest BCUT2D eigenvalue weighted by Gasteiger charge is -2.33. The van der Waals surface area contributed by atoms with E-state index in [-0.39, 0.29) is 5.91 Å². The fourth-order valence-corrected chi connectivity index (χ4v) is 4.34. The summed E-state index contributed by atoms with van der Waals surface area (Å²) in [5.74, 6) is 0.583. The van der Waals surface area contributed by atoms with Gasteiger partial charge in [0, 0.05) is 30.9 Å². The number of fused-ring (bicyclic) bond motifs is 1. The zero-order valence-electron chi connectivity index (χ0n) is 15.3. The van der Waals surface area contributed by atoms with E-state index in [0.29, 0.717) is 18.2 Å². The maximum atomic E-state index is 12.5. The summed E-state index contributed by atoms with van der Waals surface area (Å²) in [6.45, 7) is 3.79. The Bertz CT molecular complexity index is 740. The van der Waals surface area contributed by atoms with E-state index >= 15 is 0 Å². The van der Waals surface area contributed by atoms with Gasteiger partial charge in [-0.3, -0.25) is 9.89 Å². The summed E-state index contributed by atoms with van der Waals surface area (Å²) in [6.07, 6.45) is 6.81. The Morgan fingerprint density at radius 3 is 2.92 bits per heavy atom. The molecule has 5 heteroatoms. The van der Waals surface area contributed by atoms with Gasteiger partial charge in [-0.05, 0) is 56.6 Å². The van der Waals surface area contributed by atoms with Gasteiger partial charge in [0.2, 0.25) is 0 Å². The SMILES string of the molecule is O=C(NCCN1CCCC(c2ccccc2)C1)c1n[nH]c2c1CCCC2. The van der Waals surface area contributed by atoms with Crippen molar-refractivity contribution in [1.82, 2.24) is 20.4 Å². The number of likely N-dealkylation sites (tertiary alicyclic amines) is 1. The van der Waals surface area contributed by atoms with Crippen LogP contribution in [-0.2, 0) is 12.8 Å². The number of aromatic nitrogens is 2. The van der Waals surface area contributed by atoms with Crippen molar-refractivity contribution in [2.24, 2.45) is 0 Å². The summed E-state index contributed by atoms with van der Waals surface area (Å²) in [5, 5.41) is 10.4. The van der Waals surface area contributed by atoms with E-state index in [0.717, 1.165) is 50.2 Å². The molecular formula is C21H28N4O. The predicted octanol–water partition coefficient (Wildman–Crippen LogP) is 2.90. The molecule has 0 spiro atoms. The smallest absolute Gasteiger partial charge is 0.272 e. The summed E-state index contributed by atoms with van der Waals surface area (Å²) in [7, 11) is 0. The zero-order valence-corrected chi connectivity index (χ0v) is 15.3. The molecule has 138 valence electrons. The van der Waals surface area contributed by atoms with Crippen LogP contribution in [0.25, 0.3) is 0 Å². The highest BCUT2D eigenvalue weighted by Gasteiger charge is 2.23. The largest absolute Gasteiger partial charge is 0.349 e. The minimum Gasteiger partial charge on any atom is -0.349 e. The molecule has 0 saturated carbocycles. The number of aromatic amines is 1. The summed E-state index contributed by atoms with van der Waals surface area (Å²) < 4.78 is 0. The van der Waals surface area contributed by atoms with Crippen LogP contribution in [0.5, 0.6) is 0 Å². The van der Waals surface area contributed by atoms with E-state index in [1.807, 2.05) is 0 Å². The molecule has 1 aromatic carbocycles. The lowest BCUT2D eigenvalue weighted by Crippen LogP contribution is -2.40. The molecule has 4 rings (SSSR count). The molecule has 0 bridgehead atoms. The maximum absolute atomic E-state index is 12.5. The Morgan fingerprint density at radius 2 is 2.04 bits per heavy atom. The zero-order chi connectivity index (χ0) is 17.8. The van der Waals surface area contributed by atoms with E-state index in [1.165, 1.54) is 24.8 Å². The van der Waals surface area contributed by atoms with Crippen LogP contribution in [0, 0.1) is 0 Å². The first-order valence-electron chi connectivity index (χ1n) is 9.93. The first-order valence-corrected chi connectivity index (χ1v) is 9.93. The number of hydrogen-bond acceptors (Lipinski definition) is 3. The molecule has 26 heavy (non-hydrogen) atoms. The van der Waals surface area contributed by atoms with Crippen molar-refractivity contribution in [2.45, 2.75) is 44.4 Å². The summed E-state index contributed by atoms with van der Waals surface area (Å²) in [5.41, 5.74) is 4.34. The van der Waals surface area contributed by atoms with E-state index < -0.39 is 0 Å². The van der Waals surface area contributed by atoms with Crippen LogP contribution in [0.1, 0.15) is 58.9 Å². The van der Waals surface area contributed by atoms with Crippen molar-refractivity contribution in [3.8, 4) is 0 Å². The van der Waals surface area contributed by atoms with Gasteiger partial charge in [0.05, 0.1) is 0 Å². The van der Waals surface area contributed by atoms with E-state index in [9.17, 15) is 4.79 Å². The molecule has 2 aromatic rings. The number of benzene rings is 1. The predicted molar refractivity (Wildman–Crippen MR) is 102 cm³/mol. The minimum atomic E-state index is -0.0268. The van der Waals surface area contributed by atoms with Gasteiger partial charge in [0.1, 0.15) is 0 Å². The van der Waals surface area contributed by atoms with E-state index in [1.54, 1.807) is 0 Å². The van der Waals surface area contributed by atoms with Gasteiger partial charge < -0.3 is 10.2 Å². The molecule has 2 heterocycles. The van der Waals surface area contributed by atoms with Crippen molar-refractivity contribution in [2.75, 3.05) is 26.2 Å². The lowest BCUT2D eigenvalue weighted by atomic mass is 9.91. The number of hydrogen-bond donors (Lipinski definition) is 2. The Balaban J connectivity index is 1.28. The summed E-state index contributed by atoms with van der Waals surface area (Å²) in [4.78, 5) is 15.0. The molecule has 0 radical (unpaired) electrons. The van der Waals surface area contributed by atoms with Crippen molar-refractivity contribution < 1.29 is 4.79 Å². The van der Waals surface area contributed by atoms with Gasteiger partial charge in [0.25, 0.3) is 5.91 Å². The average Bonchev–Trinajstić information content (AvgIpc) is 3.13. The van der Waals surface area contributed by atoms with Gasteiger partial charge in [0.15, 0.2) is 5.69 Å². The monoisotopic (exact) mass is 352 g/mol. The second-order valence-corrected chi connectivity index (χ2v) is 7.54. The molecule has 2 N–H and O–H groups in total. The number of rotatable bonds is 5. The fraction of sp³-hybridized carbons (Fsp3) is 0.524. The first kappa shape index (κ1) is 17.3. The third kappa shape index (κ3) is 3.83. The summed E-state index contributed by atoms with van der Waals surface area (Å²) in [6, 6.07) is 10.8. The van der Waals surface area contributed by atoms with E-state index in [2.05, 4.69) is 50.7 Å². The summed E-state index contributed by atoms with van der Waals surface area (Å²) >= 11 is 0. The van der Waals surface area contributed by atoms with Crippen molar-refractivity contribution in [3.63, 3.8) is 0 Å². The van der Waals surface area contributed by atoms with Gasteiger partial charge in [-0.15, -0.1) is 0 Å². The molecule has 1 fully saturated rings. The van der Waals surface area contributed by atoms with Crippen LogP contribution in [0.15, 0.2) is 30.3 Å². The standard InChI is InChI=1S/C21H28N4O/c26-21(20-18-10-4-5-11-19(18)23-24-20)22-12-14-25-13-6-9-17(15-25)16-7-2-1-3-8-16/h1-3,7-8,17H,4-6,9-15H2,(H,22,26)(H,23,24). The van der Waals surface area contributed by atoms with Crippen LogP contribution in [0.2, 0.25) is 0 Å².